The van der Waals surface area contributed by atoms with Crippen LogP contribution in [0.25, 0.3) is 0 Å². The van der Waals surface area contributed by atoms with E-state index in [-0.39, 0.29) is 24.3 Å². The van der Waals surface area contributed by atoms with Crippen LogP contribution in [0.3, 0.4) is 0 Å². The van der Waals surface area contributed by atoms with Crippen LogP contribution in [-0.2, 0) is 28.7 Å². The van der Waals surface area contributed by atoms with Gasteiger partial charge in [0.15, 0.2) is 0 Å². The fourth-order valence-corrected chi connectivity index (χ4v) is 7.61. The van der Waals surface area contributed by atoms with Crippen molar-refractivity contribution in [3.8, 4) is 0 Å². The first kappa shape index (κ1) is 36.3. The third kappa shape index (κ3) is 7.18. The van der Waals surface area contributed by atoms with Gasteiger partial charge in [0.25, 0.3) is 0 Å². The number of fused-ring (bicyclic) bond motifs is 1. The number of amides is 3. The summed E-state index contributed by atoms with van der Waals surface area (Å²) in [5, 5.41) is 9.33. The van der Waals surface area contributed by atoms with Gasteiger partial charge in [-0.25, -0.2) is 0 Å². The number of rotatable bonds is 16. The molecule has 1 N–H and O–H groups in total. The lowest BCUT2D eigenvalue weighted by Crippen LogP contribution is -2.59. The van der Waals surface area contributed by atoms with Crippen molar-refractivity contribution in [3.05, 3.63) is 61.2 Å². The number of esters is 1. The number of benzene rings is 1. The van der Waals surface area contributed by atoms with E-state index in [1.54, 1.807) is 33.9 Å². The first-order chi connectivity index (χ1) is 22.3. The number of carbonyl (C=O) groups excluding carboxylic acids is 4. The van der Waals surface area contributed by atoms with Crippen molar-refractivity contribution in [2.24, 2.45) is 11.8 Å². The van der Waals surface area contributed by atoms with Gasteiger partial charge in [-0.15, -0.1) is 13.2 Å². The molecule has 0 radical (unpaired) electrons. The number of likely N-dealkylation sites (tertiary alicyclic amines) is 1. The molecule has 3 aliphatic heterocycles. The number of unbranched alkanes of at least 4 members (excludes halogenated alkanes) is 2. The summed E-state index contributed by atoms with van der Waals surface area (Å²) in [6.45, 7) is 15.9. The van der Waals surface area contributed by atoms with E-state index in [2.05, 4.69) is 13.2 Å². The van der Waals surface area contributed by atoms with Crippen molar-refractivity contribution in [2.75, 3.05) is 26.7 Å². The molecule has 0 aliphatic carbocycles. The number of hydrogen-bond acceptors (Lipinski definition) is 7. The SMILES string of the molecule is C=CCCC(=O)N(C)[C@@H](C)[C@@H](OC(=O)[C@@H]1[C@@H]2CC[C@]3(O2)[C@H](C(=O)N(CC=C)C(C)(C)C)N(CCCCCO)C(=O)[C@@H]13)c1ccccc1. The van der Waals surface area contributed by atoms with Crippen LogP contribution >= 0.6 is 0 Å². The van der Waals surface area contributed by atoms with Crippen LogP contribution in [0.1, 0.15) is 84.3 Å². The molecule has 258 valence electrons. The van der Waals surface area contributed by atoms with E-state index in [0.29, 0.717) is 58.0 Å². The fraction of sp³-hybridized carbons (Fsp3) is 0.622. The molecule has 3 heterocycles. The summed E-state index contributed by atoms with van der Waals surface area (Å²) in [5.41, 5.74) is -0.971. The Morgan fingerprint density at radius 3 is 2.47 bits per heavy atom. The van der Waals surface area contributed by atoms with Gasteiger partial charge in [-0.1, -0.05) is 42.5 Å². The van der Waals surface area contributed by atoms with Crippen molar-refractivity contribution in [1.29, 1.82) is 0 Å². The quantitative estimate of drug-likeness (QED) is 0.160. The summed E-state index contributed by atoms with van der Waals surface area (Å²) in [6, 6.07) is 7.91. The maximum absolute atomic E-state index is 14.5. The number of aliphatic hydroxyl groups excluding tert-OH is 1. The molecule has 0 saturated carbocycles. The van der Waals surface area contributed by atoms with Gasteiger partial charge >= 0.3 is 5.97 Å². The van der Waals surface area contributed by atoms with E-state index >= 15 is 0 Å². The number of ether oxygens (including phenoxy) is 2. The normalized spacial score (nSPS) is 26.0. The highest BCUT2D eigenvalue weighted by atomic mass is 16.6. The summed E-state index contributed by atoms with van der Waals surface area (Å²) >= 11 is 0. The van der Waals surface area contributed by atoms with Crippen LogP contribution in [0, 0.1) is 11.8 Å². The second-order valence-electron chi connectivity index (χ2n) is 14.1. The zero-order valence-corrected chi connectivity index (χ0v) is 28.7. The molecule has 3 saturated heterocycles. The molecule has 47 heavy (non-hydrogen) atoms. The first-order valence-corrected chi connectivity index (χ1v) is 17.0. The minimum atomic E-state index is -1.16. The molecule has 1 aromatic rings. The molecular formula is C37H53N3O7. The van der Waals surface area contributed by atoms with E-state index in [1.807, 2.05) is 58.0 Å². The third-order valence-electron chi connectivity index (χ3n) is 10.1. The van der Waals surface area contributed by atoms with Crippen LogP contribution in [0.4, 0.5) is 0 Å². The fourth-order valence-electron chi connectivity index (χ4n) is 7.61. The van der Waals surface area contributed by atoms with Crippen molar-refractivity contribution < 1.29 is 33.8 Å². The van der Waals surface area contributed by atoms with E-state index < -0.39 is 53.2 Å². The molecular weight excluding hydrogens is 598 g/mol. The van der Waals surface area contributed by atoms with Crippen LogP contribution in [0.15, 0.2) is 55.6 Å². The Hall–Kier alpha value is -3.50. The Bertz CT molecular complexity index is 1310. The molecule has 4 rings (SSSR count). The predicted molar refractivity (Wildman–Crippen MR) is 179 cm³/mol. The maximum atomic E-state index is 14.5. The van der Waals surface area contributed by atoms with Gasteiger partial charge in [-0.3, -0.25) is 19.2 Å². The highest BCUT2D eigenvalue weighted by molar-refractivity contribution is 5.98. The minimum absolute atomic E-state index is 0.0504. The Labute approximate surface area is 279 Å². The monoisotopic (exact) mass is 651 g/mol. The predicted octanol–water partition coefficient (Wildman–Crippen LogP) is 4.43. The number of nitrogens with zero attached hydrogens (tertiary/aromatic N) is 3. The van der Waals surface area contributed by atoms with Gasteiger partial charge in [-0.05, 0) is 71.8 Å². The summed E-state index contributed by atoms with van der Waals surface area (Å²) in [5.74, 6) is -2.91. The number of aliphatic hydroxyl groups is 1. The highest BCUT2D eigenvalue weighted by Crippen LogP contribution is 2.59. The molecule has 1 aromatic carbocycles. The molecule has 3 aliphatic rings. The molecule has 1 spiro atoms. The summed E-state index contributed by atoms with van der Waals surface area (Å²) < 4.78 is 13.0. The summed E-state index contributed by atoms with van der Waals surface area (Å²) in [6.07, 6.45) is 5.74. The second kappa shape index (κ2) is 15.2. The van der Waals surface area contributed by atoms with Crippen molar-refractivity contribution in [1.82, 2.24) is 14.7 Å². The zero-order valence-electron chi connectivity index (χ0n) is 28.7. The molecule has 3 amide bonds. The Kier molecular flexibility index (Phi) is 11.7. The lowest BCUT2D eigenvalue weighted by atomic mass is 9.70. The lowest BCUT2D eigenvalue weighted by molar-refractivity contribution is -0.164. The molecule has 10 heteroatoms. The third-order valence-corrected chi connectivity index (χ3v) is 10.1. The Morgan fingerprint density at radius 1 is 1.15 bits per heavy atom. The highest BCUT2D eigenvalue weighted by Gasteiger charge is 2.75. The van der Waals surface area contributed by atoms with Gasteiger partial charge < -0.3 is 29.3 Å². The Balaban J connectivity index is 1.68. The topological polar surface area (TPSA) is 117 Å². The molecule has 0 aromatic heterocycles. The van der Waals surface area contributed by atoms with Crippen LogP contribution in [0.5, 0.6) is 0 Å². The molecule has 2 bridgehead atoms. The minimum Gasteiger partial charge on any atom is -0.455 e. The molecule has 0 unspecified atom stereocenters. The molecule has 10 nitrogen and oxygen atoms in total. The van der Waals surface area contributed by atoms with E-state index in [1.165, 1.54) is 0 Å². The van der Waals surface area contributed by atoms with Crippen LogP contribution in [-0.4, -0.2) is 99.6 Å². The molecule has 7 atom stereocenters. The zero-order chi connectivity index (χ0) is 34.5. The standard InChI is InChI=1S/C37H53N3O7/c1-8-10-19-28(42)38(7)25(3)31(26-17-13-11-14-18-26)46-35(45)29-27-20-21-37(47-27)30(29)33(43)39(23-15-12-16-24-41)32(37)34(44)40(22-9-2)36(4,5)6/h8-9,11,13-14,17-18,25,27,29-32,41H,1-2,10,12,15-16,19-24H2,3-7H3/t25-,27-,29+,30+,31+,32-,37+/m0/s1. The Morgan fingerprint density at radius 2 is 1.85 bits per heavy atom. The smallest absolute Gasteiger partial charge is 0.313 e. The van der Waals surface area contributed by atoms with Gasteiger partial charge in [0.05, 0.1) is 24.0 Å². The lowest BCUT2D eigenvalue weighted by Gasteiger charge is -2.42. The van der Waals surface area contributed by atoms with Gasteiger partial charge in [0.2, 0.25) is 17.7 Å². The van der Waals surface area contributed by atoms with Crippen molar-refractivity contribution >= 4 is 23.7 Å². The average molecular weight is 652 g/mol. The first-order valence-electron chi connectivity index (χ1n) is 17.0. The van der Waals surface area contributed by atoms with E-state index in [9.17, 15) is 24.3 Å². The number of hydrogen-bond donors (Lipinski definition) is 1. The van der Waals surface area contributed by atoms with Crippen LogP contribution in [0.2, 0.25) is 0 Å². The molecule has 3 fully saturated rings. The van der Waals surface area contributed by atoms with Crippen molar-refractivity contribution in [2.45, 2.75) is 108 Å². The number of allylic oxidation sites excluding steroid dienone is 1. The van der Waals surface area contributed by atoms with Crippen molar-refractivity contribution in [3.63, 3.8) is 0 Å². The number of likely N-dealkylation sites (N-methyl/N-ethyl adjacent to an activating group) is 1. The van der Waals surface area contributed by atoms with E-state index in [0.717, 1.165) is 5.56 Å². The van der Waals surface area contributed by atoms with Gasteiger partial charge in [0, 0.05) is 38.7 Å². The largest absolute Gasteiger partial charge is 0.455 e. The average Bonchev–Trinajstić information content (AvgIpc) is 3.69. The number of carbonyl (C=O) groups is 4. The van der Waals surface area contributed by atoms with Gasteiger partial charge in [0.1, 0.15) is 17.7 Å². The maximum Gasteiger partial charge on any atom is 0.313 e. The summed E-state index contributed by atoms with van der Waals surface area (Å²) in [4.78, 5) is 61.2. The van der Waals surface area contributed by atoms with E-state index in [4.69, 9.17) is 9.47 Å². The van der Waals surface area contributed by atoms with Gasteiger partial charge in [-0.2, -0.15) is 0 Å². The van der Waals surface area contributed by atoms with Crippen LogP contribution < -0.4 is 0 Å². The second-order valence-corrected chi connectivity index (χ2v) is 14.1. The summed E-state index contributed by atoms with van der Waals surface area (Å²) in [7, 11) is 1.70.